The molecule has 0 saturated carbocycles. The van der Waals surface area contributed by atoms with Crippen LogP contribution in [-0.2, 0) is 19.1 Å². The number of thiophene rings is 1. The molecule has 0 fully saturated rings. The molecule has 0 aliphatic rings. The second kappa shape index (κ2) is 9.90. The number of hydrogen-bond acceptors (Lipinski definition) is 9. The van der Waals surface area contributed by atoms with Gasteiger partial charge in [0.1, 0.15) is 16.2 Å². The molecule has 0 radical (unpaired) electrons. The van der Waals surface area contributed by atoms with Gasteiger partial charge in [0, 0.05) is 17.5 Å². The molecule has 3 rings (SSSR count). The molecule has 0 unspecified atom stereocenters. The molecule has 1 N–H and O–H groups in total. The minimum absolute atomic E-state index is 0.254. The predicted molar refractivity (Wildman–Crippen MR) is 113 cm³/mol. The van der Waals surface area contributed by atoms with Crippen molar-refractivity contribution in [2.75, 3.05) is 25.1 Å². The first-order valence-electron chi connectivity index (χ1n) is 9.25. The molecule has 0 aliphatic heterocycles. The zero-order valence-electron chi connectivity index (χ0n) is 16.8. The van der Waals surface area contributed by atoms with Crippen LogP contribution in [0, 0.1) is 6.92 Å². The smallest absolute Gasteiger partial charge is 0.348 e. The van der Waals surface area contributed by atoms with E-state index in [0.717, 1.165) is 11.3 Å². The predicted octanol–water partition coefficient (Wildman–Crippen LogP) is 2.90. The third kappa shape index (κ3) is 5.92. The summed E-state index contributed by atoms with van der Waals surface area (Å²) in [7, 11) is 0. The van der Waals surface area contributed by atoms with Crippen molar-refractivity contribution in [2.45, 2.75) is 13.8 Å². The summed E-state index contributed by atoms with van der Waals surface area (Å²) in [5.74, 6) is -1.46. The van der Waals surface area contributed by atoms with Gasteiger partial charge in [-0.2, -0.15) is 0 Å². The molecule has 0 aliphatic carbocycles. The van der Waals surface area contributed by atoms with Crippen LogP contribution in [0.5, 0.6) is 5.75 Å². The number of ether oxygens (including phenoxy) is 3. The first kappa shape index (κ1) is 22.0. The molecular weight excluding hydrogens is 426 g/mol. The van der Waals surface area contributed by atoms with E-state index < -0.39 is 36.7 Å². The highest BCUT2D eigenvalue weighted by atomic mass is 32.1. The fourth-order valence-corrected chi connectivity index (χ4v) is 3.56. The summed E-state index contributed by atoms with van der Waals surface area (Å²) in [5, 5.41) is 3.72. The SMILES string of the molecule is CCOC(=O)c1sc(NC(=O)COC(=O)COc2ccc3ccc(=O)oc3c2)cc1C. The molecule has 1 aromatic carbocycles. The van der Waals surface area contributed by atoms with Crippen molar-refractivity contribution >= 4 is 45.2 Å². The molecule has 0 spiro atoms. The second-order valence-corrected chi connectivity index (χ2v) is 7.35. The third-order valence-electron chi connectivity index (χ3n) is 3.96. The number of nitrogens with one attached hydrogen (secondary N) is 1. The van der Waals surface area contributed by atoms with Gasteiger partial charge in [-0.25, -0.2) is 14.4 Å². The number of carbonyl (C=O) groups is 3. The van der Waals surface area contributed by atoms with Crippen molar-refractivity contribution in [1.82, 2.24) is 0 Å². The average Bonchev–Trinajstić information content (AvgIpc) is 3.10. The van der Waals surface area contributed by atoms with E-state index >= 15 is 0 Å². The summed E-state index contributed by atoms with van der Waals surface area (Å²) in [4.78, 5) is 47.4. The van der Waals surface area contributed by atoms with Gasteiger partial charge in [-0.05, 0) is 43.7 Å². The number of amides is 1. The monoisotopic (exact) mass is 445 g/mol. The topological polar surface area (TPSA) is 121 Å². The van der Waals surface area contributed by atoms with Crippen LogP contribution in [-0.4, -0.2) is 37.7 Å². The van der Waals surface area contributed by atoms with Crippen LogP contribution in [0.25, 0.3) is 11.0 Å². The van der Waals surface area contributed by atoms with Gasteiger partial charge in [0.25, 0.3) is 5.91 Å². The van der Waals surface area contributed by atoms with E-state index in [2.05, 4.69) is 5.32 Å². The molecule has 31 heavy (non-hydrogen) atoms. The highest BCUT2D eigenvalue weighted by Gasteiger charge is 2.16. The van der Waals surface area contributed by atoms with E-state index in [1.54, 1.807) is 38.1 Å². The van der Waals surface area contributed by atoms with Crippen LogP contribution in [0.1, 0.15) is 22.2 Å². The van der Waals surface area contributed by atoms with Gasteiger partial charge in [0.05, 0.1) is 11.6 Å². The van der Waals surface area contributed by atoms with Crippen LogP contribution in [0.4, 0.5) is 5.00 Å². The lowest BCUT2D eigenvalue weighted by Crippen LogP contribution is -2.23. The van der Waals surface area contributed by atoms with Crippen LogP contribution < -0.4 is 15.7 Å². The zero-order valence-corrected chi connectivity index (χ0v) is 17.6. The van der Waals surface area contributed by atoms with Crippen LogP contribution in [0.3, 0.4) is 0 Å². The van der Waals surface area contributed by atoms with Crippen molar-refractivity contribution in [2.24, 2.45) is 0 Å². The average molecular weight is 445 g/mol. The molecule has 2 aromatic heterocycles. The Kier molecular flexibility index (Phi) is 7.03. The fraction of sp³-hybridized carbons (Fsp3) is 0.238. The second-order valence-electron chi connectivity index (χ2n) is 6.29. The van der Waals surface area contributed by atoms with Crippen molar-refractivity contribution in [3.63, 3.8) is 0 Å². The number of esters is 2. The maximum Gasteiger partial charge on any atom is 0.348 e. The maximum absolute atomic E-state index is 12.0. The fourth-order valence-electron chi connectivity index (χ4n) is 2.58. The van der Waals surface area contributed by atoms with Gasteiger partial charge < -0.3 is 23.9 Å². The van der Waals surface area contributed by atoms with Crippen molar-refractivity contribution in [3.05, 3.63) is 57.3 Å². The Morgan fingerprint density at radius 3 is 2.61 bits per heavy atom. The van der Waals surface area contributed by atoms with Crippen molar-refractivity contribution in [3.8, 4) is 5.75 Å². The van der Waals surface area contributed by atoms with E-state index in [1.165, 1.54) is 12.1 Å². The first-order valence-corrected chi connectivity index (χ1v) is 10.1. The lowest BCUT2D eigenvalue weighted by Gasteiger charge is -2.07. The Labute approximate surface area is 180 Å². The number of benzene rings is 1. The number of rotatable bonds is 8. The summed E-state index contributed by atoms with van der Waals surface area (Å²) in [5.41, 5.74) is 0.506. The van der Waals surface area contributed by atoms with Gasteiger partial charge in [-0.3, -0.25) is 4.79 Å². The van der Waals surface area contributed by atoms with Gasteiger partial charge in [-0.1, -0.05) is 0 Å². The van der Waals surface area contributed by atoms with Gasteiger partial charge in [0.2, 0.25) is 0 Å². The Morgan fingerprint density at radius 1 is 1.06 bits per heavy atom. The highest BCUT2D eigenvalue weighted by molar-refractivity contribution is 7.18. The molecule has 3 aromatic rings. The van der Waals surface area contributed by atoms with Gasteiger partial charge in [0.15, 0.2) is 13.2 Å². The highest BCUT2D eigenvalue weighted by Crippen LogP contribution is 2.27. The normalized spacial score (nSPS) is 10.5. The zero-order chi connectivity index (χ0) is 22.4. The number of hydrogen-bond donors (Lipinski definition) is 1. The van der Waals surface area contributed by atoms with Crippen LogP contribution >= 0.6 is 11.3 Å². The summed E-state index contributed by atoms with van der Waals surface area (Å²) in [6.07, 6.45) is 0. The molecule has 10 heteroatoms. The maximum atomic E-state index is 12.0. The molecular formula is C21H19NO8S. The minimum atomic E-state index is -0.751. The van der Waals surface area contributed by atoms with Gasteiger partial charge >= 0.3 is 17.6 Å². The summed E-state index contributed by atoms with van der Waals surface area (Å²) in [6, 6.07) is 9.33. The summed E-state index contributed by atoms with van der Waals surface area (Å²) in [6.45, 7) is 2.75. The molecule has 1 amide bonds. The lowest BCUT2D eigenvalue weighted by atomic mass is 10.2. The molecule has 0 bridgehead atoms. The third-order valence-corrected chi connectivity index (χ3v) is 5.09. The number of fused-ring (bicyclic) bond motifs is 1. The molecule has 2 heterocycles. The molecule has 0 saturated heterocycles. The Hall–Kier alpha value is -3.66. The van der Waals surface area contributed by atoms with Crippen molar-refractivity contribution < 1.29 is 33.0 Å². The molecule has 9 nitrogen and oxygen atoms in total. The number of carbonyl (C=O) groups excluding carboxylic acids is 3. The Morgan fingerprint density at radius 2 is 1.84 bits per heavy atom. The van der Waals surface area contributed by atoms with Gasteiger partial charge in [-0.15, -0.1) is 11.3 Å². The van der Waals surface area contributed by atoms with Crippen LogP contribution in [0.2, 0.25) is 0 Å². The Bertz CT molecular complexity index is 1180. The van der Waals surface area contributed by atoms with E-state index in [0.29, 0.717) is 32.2 Å². The first-order chi connectivity index (χ1) is 14.9. The van der Waals surface area contributed by atoms with Crippen LogP contribution in [0.15, 0.2) is 45.6 Å². The Balaban J connectivity index is 1.47. The van der Waals surface area contributed by atoms with E-state index in [1.807, 2.05) is 0 Å². The summed E-state index contributed by atoms with van der Waals surface area (Å²) >= 11 is 1.08. The molecule has 0 atom stereocenters. The summed E-state index contributed by atoms with van der Waals surface area (Å²) < 4.78 is 20.2. The largest absolute Gasteiger partial charge is 0.482 e. The quantitative estimate of drug-likeness (QED) is 0.415. The number of anilines is 1. The molecule has 162 valence electrons. The van der Waals surface area contributed by atoms with E-state index in [-0.39, 0.29) is 6.61 Å². The van der Waals surface area contributed by atoms with E-state index in [9.17, 15) is 19.2 Å². The minimum Gasteiger partial charge on any atom is -0.482 e. The van der Waals surface area contributed by atoms with E-state index in [4.69, 9.17) is 18.6 Å². The van der Waals surface area contributed by atoms with Crippen molar-refractivity contribution in [1.29, 1.82) is 0 Å². The lowest BCUT2D eigenvalue weighted by molar-refractivity contribution is -0.149. The standard InChI is InChI=1S/C21H19NO8S/c1-3-27-21(26)20-12(2)8-17(31-20)22-16(23)10-29-19(25)11-28-14-6-4-13-5-7-18(24)30-15(13)9-14/h4-9H,3,10-11H2,1-2H3,(H,22,23). The number of aryl methyl sites for hydroxylation is 1.